The van der Waals surface area contributed by atoms with Crippen LogP contribution in [0.3, 0.4) is 0 Å². The van der Waals surface area contributed by atoms with E-state index in [0.29, 0.717) is 38.0 Å². The molecule has 4 amide bonds. The third-order valence-corrected chi connectivity index (χ3v) is 10.1. The molecule has 2 heterocycles. The molecule has 61 heavy (non-hydrogen) atoms. The van der Waals surface area contributed by atoms with Gasteiger partial charge in [0.25, 0.3) is 17.7 Å². The van der Waals surface area contributed by atoms with Gasteiger partial charge < -0.3 is 43.4 Å². The van der Waals surface area contributed by atoms with Crippen LogP contribution >= 0.6 is 0 Å². The summed E-state index contributed by atoms with van der Waals surface area (Å²) in [5.41, 5.74) is -0.936. The molecule has 0 aromatic heterocycles. The molecule has 0 saturated carbocycles. The summed E-state index contributed by atoms with van der Waals surface area (Å²) in [7, 11) is 1.14. The Labute approximate surface area is 361 Å². The molecule has 346 valence electrons. The minimum absolute atomic E-state index is 0.0212. The van der Waals surface area contributed by atoms with Gasteiger partial charge in [-0.3, -0.25) is 40.6 Å². The maximum atomic E-state index is 15.2. The number of rotatable bonds is 24. The molecule has 0 aromatic carbocycles. The predicted molar refractivity (Wildman–Crippen MR) is 225 cm³/mol. The van der Waals surface area contributed by atoms with Gasteiger partial charge in [-0.1, -0.05) is 55.4 Å². The standard InChI is InChI=1S/C42H72N8O11/c1-25(2)17-29(21-51)43-33(48-15-16-50(41(59)61-42(9,10)11)35(39(48)57)45-31(23-53)19-27(5)6)37(55)47-13-14-49(38(56)34(47)44-30(22-52)18-26(3)4)36(40(58)60-12)46-32(24-54)20-28(7)8/h21-36,43-46H,13-20H2,1-12H3/t29-,30-,31-,32-,33+,34+,35+,36+/m0/s1. The molecule has 0 bridgehead atoms. The number of nitrogens with zero attached hydrogens (tertiary/aromatic N) is 4. The van der Waals surface area contributed by atoms with E-state index in [1.54, 1.807) is 20.8 Å². The lowest BCUT2D eigenvalue weighted by Crippen LogP contribution is -2.75. The number of piperazine rings is 2. The summed E-state index contributed by atoms with van der Waals surface area (Å²) < 4.78 is 10.7. The highest BCUT2D eigenvalue weighted by Crippen LogP contribution is 2.23. The molecule has 2 rings (SSSR count). The highest BCUT2D eigenvalue weighted by atomic mass is 16.6. The van der Waals surface area contributed by atoms with E-state index in [9.17, 15) is 38.4 Å². The number of ether oxygens (including phenoxy) is 2. The van der Waals surface area contributed by atoms with Gasteiger partial charge in [0.15, 0.2) is 24.7 Å². The molecular formula is C42H72N8O11. The second kappa shape index (κ2) is 24.3. The van der Waals surface area contributed by atoms with Gasteiger partial charge in [0.1, 0.15) is 30.7 Å². The number of hydrogen-bond acceptors (Lipinski definition) is 15. The molecule has 2 aliphatic rings. The average molecular weight is 865 g/mol. The molecule has 19 heteroatoms. The molecule has 2 fully saturated rings. The zero-order valence-corrected chi connectivity index (χ0v) is 38.2. The summed E-state index contributed by atoms with van der Waals surface area (Å²) >= 11 is 0. The summed E-state index contributed by atoms with van der Waals surface area (Å²) in [6.45, 7) is 19.2. The zero-order chi connectivity index (χ0) is 46.4. The van der Waals surface area contributed by atoms with Crippen molar-refractivity contribution < 1.29 is 52.6 Å². The number of aldehydes is 4. The van der Waals surface area contributed by atoms with Crippen LogP contribution in [-0.2, 0) is 47.8 Å². The van der Waals surface area contributed by atoms with Crippen molar-refractivity contribution in [2.24, 2.45) is 23.7 Å². The fraction of sp³-hybridized carbons (Fsp3) is 0.786. The first-order chi connectivity index (χ1) is 28.5. The molecule has 2 saturated heterocycles. The molecule has 0 aromatic rings. The van der Waals surface area contributed by atoms with Crippen molar-refractivity contribution in [2.45, 2.75) is 156 Å². The predicted octanol–water partition coefficient (Wildman–Crippen LogP) is 1.03. The maximum Gasteiger partial charge on any atom is 0.412 e. The summed E-state index contributed by atoms with van der Waals surface area (Å²) in [6, 6.07) is -3.61. The van der Waals surface area contributed by atoms with E-state index in [-0.39, 0.29) is 62.7 Å². The van der Waals surface area contributed by atoms with E-state index in [0.717, 1.165) is 21.8 Å². The van der Waals surface area contributed by atoms with Crippen LogP contribution in [0.2, 0.25) is 0 Å². The first-order valence-corrected chi connectivity index (χ1v) is 21.4. The quantitative estimate of drug-likeness (QED) is 0.0784. The van der Waals surface area contributed by atoms with Crippen LogP contribution in [-0.4, -0.2) is 162 Å². The highest BCUT2D eigenvalue weighted by Gasteiger charge is 2.49. The van der Waals surface area contributed by atoms with Crippen molar-refractivity contribution in [1.82, 2.24) is 40.9 Å². The second-order valence-electron chi connectivity index (χ2n) is 18.6. The smallest absolute Gasteiger partial charge is 0.412 e. The van der Waals surface area contributed by atoms with Crippen LogP contribution in [0.5, 0.6) is 0 Å². The van der Waals surface area contributed by atoms with Gasteiger partial charge in [-0.25, -0.2) is 9.59 Å². The Morgan fingerprint density at radius 3 is 1.34 bits per heavy atom. The summed E-state index contributed by atoms with van der Waals surface area (Å²) in [5.74, 6) is -3.27. The lowest BCUT2D eigenvalue weighted by atomic mass is 10.0. The number of nitrogens with one attached hydrogen (secondary N) is 4. The van der Waals surface area contributed by atoms with Crippen molar-refractivity contribution in [3.63, 3.8) is 0 Å². The van der Waals surface area contributed by atoms with E-state index >= 15 is 4.79 Å². The van der Waals surface area contributed by atoms with Crippen molar-refractivity contribution in [1.29, 1.82) is 0 Å². The largest absolute Gasteiger partial charge is 0.466 e. The van der Waals surface area contributed by atoms with E-state index in [4.69, 9.17) is 9.47 Å². The molecule has 0 aliphatic carbocycles. The molecule has 19 nitrogen and oxygen atoms in total. The van der Waals surface area contributed by atoms with Crippen LogP contribution < -0.4 is 21.3 Å². The monoisotopic (exact) mass is 865 g/mol. The Bertz CT molecular complexity index is 1520. The molecule has 2 aliphatic heterocycles. The molecular weight excluding hydrogens is 793 g/mol. The molecule has 8 atom stereocenters. The van der Waals surface area contributed by atoms with E-state index in [1.807, 2.05) is 55.4 Å². The SMILES string of the molecule is COC(=O)[C@H](N[C@H](C=O)CC(C)C)N1CCN(C(=O)[C@H](N[C@H](C=O)CC(C)C)N2CCN(C(=O)OC(C)(C)C)[C@@H](N[C@H](C=O)CC(C)C)C2=O)[C@@H](N[C@H](C=O)CC(C)C)C1=O. The van der Waals surface area contributed by atoms with Gasteiger partial charge in [-0.15, -0.1) is 0 Å². The minimum Gasteiger partial charge on any atom is -0.466 e. The van der Waals surface area contributed by atoms with Gasteiger partial charge >= 0.3 is 12.1 Å². The van der Waals surface area contributed by atoms with Crippen molar-refractivity contribution >= 4 is 54.9 Å². The normalized spacial score (nSPS) is 20.7. The molecule has 0 spiro atoms. The fourth-order valence-electron chi connectivity index (χ4n) is 7.42. The Balaban J connectivity index is 2.78. The molecule has 0 radical (unpaired) electrons. The van der Waals surface area contributed by atoms with Crippen LogP contribution in [0.4, 0.5) is 4.79 Å². The highest BCUT2D eigenvalue weighted by molar-refractivity contribution is 5.96. The lowest BCUT2D eigenvalue weighted by Gasteiger charge is -2.48. The third kappa shape index (κ3) is 15.8. The van der Waals surface area contributed by atoms with E-state index in [2.05, 4.69) is 21.3 Å². The minimum atomic E-state index is -1.60. The lowest BCUT2D eigenvalue weighted by molar-refractivity contribution is -0.169. The molecule has 4 N–H and O–H groups in total. The average Bonchev–Trinajstić information content (AvgIpc) is 3.17. The maximum absolute atomic E-state index is 15.2. The summed E-state index contributed by atoms with van der Waals surface area (Å²) in [4.78, 5) is 126. The Morgan fingerprint density at radius 2 is 0.967 bits per heavy atom. The van der Waals surface area contributed by atoms with Crippen molar-refractivity contribution in [3.05, 3.63) is 0 Å². The molecule has 0 unspecified atom stereocenters. The van der Waals surface area contributed by atoms with E-state index in [1.165, 1.54) is 4.90 Å². The van der Waals surface area contributed by atoms with Gasteiger partial charge in [0.05, 0.1) is 31.3 Å². The third-order valence-electron chi connectivity index (χ3n) is 10.1. The summed E-state index contributed by atoms with van der Waals surface area (Å²) in [5, 5.41) is 12.0. The second-order valence-corrected chi connectivity index (χ2v) is 18.6. The van der Waals surface area contributed by atoms with Crippen LogP contribution in [0, 0.1) is 23.7 Å². The number of amides is 4. The Hall–Kier alpha value is -4.33. The number of carbonyl (C=O) groups excluding carboxylic acids is 9. The first-order valence-electron chi connectivity index (χ1n) is 21.4. The van der Waals surface area contributed by atoms with Gasteiger partial charge in [0, 0.05) is 26.2 Å². The van der Waals surface area contributed by atoms with Crippen LogP contribution in [0.1, 0.15) is 102 Å². The number of methoxy groups -OCH3 is 1. The number of esters is 1. The van der Waals surface area contributed by atoms with Crippen LogP contribution in [0.25, 0.3) is 0 Å². The van der Waals surface area contributed by atoms with Crippen LogP contribution in [0.15, 0.2) is 0 Å². The Morgan fingerprint density at radius 1 is 0.607 bits per heavy atom. The van der Waals surface area contributed by atoms with Crippen molar-refractivity contribution in [3.8, 4) is 0 Å². The fourth-order valence-corrected chi connectivity index (χ4v) is 7.42. The van der Waals surface area contributed by atoms with Crippen molar-refractivity contribution in [2.75, 3.05) is 33.3 Å². The Kier molecular flexibility index (Phi) is 21.1. The summed E-state index contributed by atoms with van der Waals surface area (Å²) in [6.07, 6.45) is -3.22. The number of carbonyl (C=O) groups is 9. The number of hydrogen-bond donors (Lipinski definition) is 4. The van der Waals surface area contributed by atoms with Gasteiger partial charge in [0.2, 0.25) is 0 Å². The topological polar surface area (TPSA) is 233 Å². The zero-order valence-electron chi connectivity index (χ0n) is 38.2. The van der Waals surface area contributed by atoms with E-state index < -0.39 is 84.2 Å². The first kappa shape index (κ1) is 52.8. The van der Waals surface area contributed by atoms with Gasteiger partial charge in [-0.05, 0) is 70.1 Å². The van der Waals surface area contributed by atoms with Gasteiger partial charge in [-0.2, -0.15) is 0 Å².